The average molecular weight is 252 g/mol. The van der Waals surface area contributed by atoms with Crippen LogP contribution in [0, 0.1) is 0 Å². The molecule has 0 saturated carbocycles. The van der Waals surface area contributed by atoms with E-state index in [0.29, 0.717) is 6.04 Å². The van der Waals surface area contributed by atoms with Gasteiger partial charge in [0.1, 0.15) is 5.82 Å². The number of piperidine rings is 1. The van der Waals surface area contributed by atoms with Crippen molar-refractivity contribution in [2.45, 2.75) is 30.5 Å². The lowest BCUT2D eigenvalue weighted by molar-refractivity contribution is 0.402. The van der Waals surface area contributed by atoms with Crippen LogP contribution in [-0.4, -0.2) is 42.4 Å². The molecule has 1 atom stereocenters. The lowest BCUT2D eigenvalue weighted by Crippen LogP contribution is -2.42. The molecule has 0 unspecified atom stereocenters. The average Bonchev–Trinajstić information content (AvgIpc) is 2.40. The minimum atomic E-state index is 0.599. The lowest BCUT2D eigenvalue weighted by atomic mass is 10.0. The second-order valence-corrected chi connectivity index (χ2v) is 5.20. The van der Waals surface area contributed by atoms with Crippen molar-refractivity contribution in [3.8, 4) is 0 Å². The van der Waals surface area contributed by atoms with Crippen LogP contribution in [-0.2, 0) is 0 Å². The number of hydrogen-bond donors (Lipinski definition) is 1. The molecular weight excluding hydrogens is 232 g/mol. The van der Waals surface area contributed by atoms with Gasteiger partial charge in [0.15, 0.2) is 5.16 Å². The molecule has 4 nitrogen and oxygen atoms in total. The van der Waals surface area contributed by atoms with E-state index >= 15 is 0 Å². The van der Waals surface area contributed by atoms with Gasteiger partial charge in [0, 0.05) is 25.8 Å². The second kappa shape index (κ2) is 6.21. The van der Waals surface area contributed by atoms with Crippen molar-refractivity contribution >= 4 is 17.6 Å². The summed E-state index contributed by atoms with van der Waals surface area (Å²) in [4.78, 5) is 10.9. The van der Waals surface area contributed by atoms with Crippen LogP contribution in [0.5, 0.6) is 0 Å². The number of thioether (sulfide) groups is 1. The summed E-state index contributed by atoms with van der Waals surface area (Å²) in [6, 6.07) is 2.57. The van der Waals surface area contributed by atoms with Gasteiger partial charge in [0.25, 0.3) is 0 Å². The van der Waals surface area contributed by atoms with Gasteiger partial charge in [-0.1, -0.05) is 18.2 Å². The summed E-state index contributed by atoms with van der Waals surface area (Å²) in [6.07, 6.45) is 7.75. The topological polar surface area (TPSA) is 41.1 Å². The van der Waals surface area contributed by atoms with E-state index in [2.05, 4.69) is 27.2 Å². The van der Waals surface area contributed by atoms with E-state index < -0.39 is 0 Å². The van der Waals surface area contributed by atoms with Gasteiger partial charge in [-0.25, -0.2) is 9.97 Å². The molecule has 17 heavy (non-hydrogen) atoms. The number of anilines is 1. The summed E-state index contributed by atoms with van der Waals surface area (Å²) in [7, 11) is 2.10. The van der Waals surface area contributed by atoms with Crippen molar-refractivity contribution < 1.29 is 0 Å². The molecule has 0 aliphatic carbocycles. The van der Waals surface area contributed by atoms with Crippen molar-refractivity contribution in [1.29, 1.82) is 0 Å². The van der Waals surface area contributed by atoms with Gasteiger partial charge in [0.2, 0.25) is 0 Å². The van der Waals surface area contributed by atoms with Gasteiger partial charge in [-0.3, -0.25) is 0 Å². The Balaban J connectivity index is 1.95. The smallest absolute Gasteiger partial charge is 0.189 e. The van der Waals surface area contributed by atoms with Gasteiger partial charge >= 0.3 is 0 Å². The molecule has 1 aromatic rings. The van der Waals surface area contributed by atoms with Crippen LogP contribution >= 0.6 is 11.8 Å². The van der Waals surface area contributed by atoms with Crippen LogP contribution in [0.3, 0.4) is 0 Å². The maximum Gasteiger partial charge on any atom is 0.189 e. The highest BCUT2D eigenvalue weighted by atomic mass is 32.2. The Labute approximate surface area is 107 Å². The van der Waals surface area contributed by atoms with E-state index in [-0.39, 0.29) is 0 Å². The Kier molecular flexibility index (Phi) is 4.62. The van der Waals surface area contributed by atoms with Gasteiger partial charge in [-0.05, 0) is 31.7 Å². The highest BCUT2D eigenvalue weighted by Crippen LogP contribution is 2.15. The molecule has 1 saturated heterocycles. The molecule has 0 bridgehead atoms. The number of rotatable bonds is 4. The first-order chi connectivity index (χ1) is 8.29. The van der Waals surface area contributed by atoms with E-state index in [4.69, 9.17) is 0 Å². The standard InChI is InChI=1S/C12H20N4S/c1-16(9-10-5-3-4-7-13-10)11-6-8-14-12(15-11)17-2/h6,8,10,13H,3-5,7,9H2,1-2H3/t10-/m0/s1. The molecule has 0 radical (unpaired) electrons. The minimum Gasteiger partial charge on any atom is -0.358 e. The summed E-state index contributed by atoms with van der Waals surface area (Å²) in [5, 5.41) is 4.40. The van der Waals surface area contributed by atoms with Crippen LogP contribution < -0.4 is 10.2 Å². The van der Waals surface area contributed by atoms with Gasteiger partial charge in [0.05, 0.1) is 0 Å². The van der Waals surface area contributed by atoms with E-state index in [0.717, 1.165) is 24.1 Å². The molecule has 1 fully saturated rings. The first-order valence-corrected chi connectivity index (χ1v) is 7.33. The molecular formula is C12H20N4S. The van der Waals surface area contributed by atoms with E-state index in [9.17, 15) is 0 Å². The molecule has 1 aliphatic heterocycles. The fourth-order valence-corrected chi connectivity index (χ4v) is 2.50. The van der Waals surface area contributed by atoms with Crippen LogP contribution in [0.25, 0.3) is 0 Å². The number of nitrogens with zero attached hydrogens (tertiary/aromatic N) is 3. The number of aromatic nitrogens is 2. The van der Waals surface area contributed by atoms with Crippen LogP contribution in [0.1, 0.15) is 19.3 Å². The first-order valence-electron chi connectivity index (χ1n) is 6.11. The Morgan fingerprint density at radius 3 is 3.12 bits per heavy atom. The summed E-state index contributed by atoms with van der Waals surface area (Å²) in [5.41, 5.74) is 0. The zero-order valence-corrected chi connectivity index (χ0v) is 11.3. The predicted octanol–water partition coefficient (Wildman–Crippen LogP) is 1.78. The zero-order valence-electron chi connectivity index (χ0n) is 10.5. The first kappa shape index (κ1) is 12.6. The molecule has 0 aromatic carbocycles. The summed E-state index contributed by atoms with van der Waals surface area (Å²) in [6.45, 7) is 2.17. The van der Waals surface area contributed by atoms with Crippen LogP contribution in [0.2, 0.25) is 0 Å². The molecule has 1 N–H and O–H groups in total. The van der Waals surface area contributed by atoms with Gasteiger partial charge in [-0.15, -0.1) is 0 Å². The maximum absolute atomic E-state index is 4.51. The van der Waals surface area contributed by atoms with Crippen molar-refractivity contribution in [3.05, 3.63) is 12.3 Å². The van der Waals surface area contributed by atoms with Crippen molar-refractivity contribution in [2.24, 2.45) is 0 Å². The van der Waals surface area contributed by atoms with Gasteiger partial charge in [-0.2, -0.15) is 0 Å². The van der Waals surface area contributed by atoms with Gasteiger partial charge < -0.3 is 10.2 Å². The third-order valence-electron chi connectivity index (χ3n) is 3.10. The van der Waals surface area contributed by atoms with Crippen LogP contribution in [0.15, 0.2) is 17.4 Å². The quantitative estimate of drug-likeness (QED) is 0.653. The zero-order chi connectivity index (χ0) is 12.1. The molecule has 5 heteroatoms. The molecule has 2 rings (SSSR count). The monoisotopic (exact) mass is 252 g/mol. The Bertz CT molecular complexity index is 352. The largest absolute Gasteiger partial charge is 0.358 e. The van der Waals surface area contributed by atoms with Crippen molar-refractivity contribution in [1.82, 2.24) is 15.3 Å². The number of likely N-dealkylation sites (N-methyl/N-ethyl adjacent to an activating group) is 1. The van der Waals surface area contributed by atoms with Crippen molar-refractivity contribution in [3.63, 3.8) is 0 Å². The third-order valence-corrected chi connectivity index (χ3v) is 3.66. The fraction of sp³-hybridized carbons (Fsp3) is 0.667. The molecule has 0 spiro atoms. The third kappa shape index (κ3) is 3.57. The predicted molar refractivity (Wildman–Crippen MR) is 72.7 cm³/mol. The molecule has 1 aromatic heterocycles. The lowest BCUT2D eigenvalue weighted by Gasteiger charge is -2.28. The molecule has 94 valence electrons. The summed E-state index contributed by atoms with van der Waals surface area (Å²) >= 11 is 1.58. The fourth-order valence-electron chi connectivity index (χ4n) is 2.15. The summed E-state index contributed by atoms with van der Waals surface area (Å²) < 4.78 is 0. The molecule has 0 amide bonds. The number of nitrogens with one attached hydrogen (secondary N) is 1. The molecule has 1 aliphatic rings. The highest BCUT2D eigenvalue weighted by molar-refractivity contribution is 7.98. The van der Waals surface area contributed by atoms with Crippen molar-refractivity contribution in [2.75, 3.05) is 31.3 Å². The number of hydrogen-bond acceptors (Lipinski definition) is 5. The Morgan fingerprint density at radius 2 is 2.41 bits per heavy atom. The Hall–Kier alpha value is -0.810. The normalized spacial score (nSPS) is 20.2. The van der Waals surface area contributed by atoms with E-state index in [1.807, 2.05) is 18.5 Å². The Morgan fingerprint density at radius 1 is 1.53 bits per heavy atom. The molecule has 2 heterocycles. The minimum absolute atomic E-state index is 0.599. The van der Waals surface area contributed by atoms with E-state index in [1.54, 1.807) is 11.8 Å². The highest BCUT2D eigenvalue weighted by Gasteiger charge is 2.15. The second-order valence-electron chi connectivity index (χ2n) is 4.43. The van der Waals surface area contributed by atoms with Crippen LogP contribution in [0.4, 0.5) is 5.82 Å². The SMILES string of the molecule is CSc1nccc(N(C)C[C@@H]2CCCCN2)n1. The summed E-state index contributed by atoms with van der Waals surface area (Å²) in [5.74, 6) is 1.01. The maximum atomic E-state index is 4.51. The van der Waals surface area contributed by atoms with E-state index in [1.165, 1.54) is 19.3 Å².